The van der Waals surface area contributed by atoms with Gasteiger partial charge >= 0.3 is 0 Å². The molecule has 0 saturated carbocycles. The van der Waals surface area contributed by atoms with Crippen LogP contribution in [0.4, 0.5) is 10.1 Å². The van der Waals surface area contributed by atoms with Gasteiger partial charge in [0.2, 0.25) is 11.8 Å². The van der Waals surface area contributed by atoms with Gasteiger partial charge in [-0.3, -0.25) is 13.9 Å². The van der Waals surface area contributed by atoms with Crippen LogP contribution in [0.25, 0.3) is 0 Å². The lowest BCUT2D eigenvalue weighted by molar-refractivity contribution is -0.140. The molecule has 11 heteroatoms. The first kappa shape index (κ1) is 32.1. The summed E-state index contributed by atoms with van der Waals surface area (Å²) in [5.74, 6) is -1.03. The second-order valence-corrected chi connectivity index (χ2v) is 13.2. The lowest BCUT2D eigenvalue weighted by Gasteiger charge is -2.33. The number of rotatable bonds is 11. The van der Waals surface area contributed by atoms with E-state index in [9.17, 15) is 22.4 Å². The third-order valence-electron chi connectivity index (χ3n) is 6.05. The Balaban J connectivity index is 2.03. The number of ether oxygens (including phenoxy) is 1. The summed E-state index contributed by atoms with van der Waals surface area (Å²) in [7, 11) is -4.31. The van der Waals surface area contributed by atoms with E-state index in [1.165, 1.54) is 17.0 Å². The fourth-order valence-electron chi connectivity index (χ4n) is 3.98. The SMILES string of the molecule is CCOc1ccc(N(CC(=O)N(Cc2ccc(Br)cc2)[C@@H](C)C(=O)NC(C)(C)C)S(=O)(=O)c2ccc(F)cc2)cc1. The van der Waals surface area contributed by atoms with Crippen LogP contribution in [0.5, 0.6) is 5.75 Å². The van der Waals surface area contributed by atoms with E-state index in [0.717, 1.165) is 38.6 Å². The third kappa shape index (κ3) is 8.77. The van der Waals surface area contributed by atoms with Gasteiger partial charge in [-0.15, -0.1) is 0 Å². The molecule has 0 aliphatic carbocycles. The van der Waals surface area contributed by atoms with Gasteiger partial charge in [-0.25, -0.2) is 12.8 Å². The average molecular weight is 649 g/mol. The van der Waals surface area contributed by atoms with Gasteiger partial charge in [0.05, 0.1) is 17.2 Å². The minimum Gasteiger partial charge on any atom is -0.494 e. The van der Waals surface area contributed by atoms with Crippen LogP contribution in [-0.4, -0.2) is 49.9 Å². The zero-order valence-electron chi connectivity index (χ0n) is 23.7. The number of benzene rings is 3. The van der Waals surface area contributed by atoms with Crippen molar-refractivity contribution in [2.24, 2.45) is 0 Å². The second-order valence-electron chi connectivity index (χ2n) is 10.5. The third-order valence-corrected chi connectivity index (χ3v) is 8.36. The molecule has 0 bridgehead atoms. The number of hydrogen-bond acceptors (Lipinski definition) is 5. The standard InChI is InChI=1S/C30H35BrFN3O5S/c1-6-40-26-15-13-25(14-16-26)35(41(38,39)27-17-11-24(32)12-18-27)20-28(36)34(19-22-7-9-23(31)10-8-22)21(2)29(37)33-30(3,4)5/h7-18,21H,6,19-20H2,1-5H3,(H,33,37)/t21-/m0/s1. The van der Waals surface area contributed by atoms with Crippen molar-refractivity contribution in [3.63, 3.8) is 0 Å². The van der Waals surface area contributed by atoms with Gasteiger partial charge in [0, 0.05) is 16.6 Å². The van der Waals surface area contributed by atoms with E-state index >= 15 is 0 Å². The highest BCUT2D eigenvalue weighted by molar-refractivity contribution is 9.10. The number of carbonyl (C=O) groups excluding carboxylic acids is 2. The van der Waals surface area contributed by atoms with Crippen molar-refractivity contribution >= 4 is 43.5 Å². The highest BCUT2D eigenvalue weighted by Gasteiger charge is 2.33. The van der Waals surface area contributed by atoms with Gasteiger partial charge in [-0.1, -0.05) is 28.1 Å². The van der Waals surface area contributed by atoms with Crippen molar-refractivity contribution in [3.8, 4) is 5.75 Å². The van der Waals surface area contributed by atoms with Crippen molar-refractivity contribution in [3.05, 3.63) is 88.6 Å². The van der Waals surface area contributed by atoms with Crippen molar-refractivity contribution in [1.29, 1.82) is 0 Å². The number of halogens is 2. The van der Waals surface area contributed by atoms with Crippen LogP contribution in [0.2, 0.25) is 0 Å². The molecule has 0 heterocycles. The molecule has 0 aliphatic rings. The monoisotopic (exact) mass is 647 g/mol. The summed E-state index contributed by atoms with van der Waals surface area (Å²) in [4.78, 5) is 28.3. The lowest BCUT2D eigenvalue weighted by atomic mass is 10.1. The molecule has 41 heavy (non-hydrogen) atoms. The summed E-state index contributed by atoms with van der Waals surface area (Å²) in [5.41, 5.74) is 0.422. The summed E-state index contributed by atoms with van der Waals surface area (Å²) in [5, 5.41) is 2.89. The molecular formula is C30H35BrFN3O5S. The largest absolute Gasteiger partial charge is 0.494 e. The molecule has 220 valence electrons. The first-order chi connectivity index (χ1) is 19.2. The smallest absolute Gasteiger partial charge is 0.264 e. The van der Waals surface area contributed by atoms with Crippen molar-refractivity contribution < 1.29 is 27.1 Å². The average Bonchev–Trinajstić information content (AvgIpc) is 2.91. The Kier molecular flexibility index (Phi) is 10.5. The van der Waals surface area contributed by atoms with Crippen LogP contribution in [-0.2, 0) is 26.2 Å². The van der Waals surface area contributed by atoms with Gasteiger partial charge in [0.25, 0.3) is 10.0 Å². The highest BCUT2D eigenvalue weighted by atomic mass is 79.9. The van der Waals surface area contributed by atoms with Crippen LogP contribution in [0.3, 0.4) is 0 Å². The number of nitrogens with zero attached hydrogens (tertiary/aromatic N) is 2. The van der Waals surface area contributed by atoms with Crippen LogP contribution in [0, 0.1) is 5.82 Å². The molecule has 0 fully saturated rings. The van der Waals surface area contributed by atoms with Crippen molar-refractivity contribution in [1.82, 2.24) is 10.2 Å². The number of anilines is 1. The quantitative estimate of drug-likeness (QED) is 0.296. The number of sulfonamides is 1. The first-order valence-corrected chi connectivity index (χ1v) is 15.3. The molecule has 0 unspecified atom stereocenters. The maximum Gasteiger partial charge on any atom is 0.264 e. The molecule has 0 radical (unpaired) electrons. The maximum atomic E-state index is 14.0. The van der Waals surface area contributed by atoms with E-state index < -0.39 is 39.9 Å². The minimum absolute atomic E-state index is 0.0680. The Hall–Kier alpha value is -3.44. The number of carbonyl (C=O) groups is 2. The molecule has 8 nitrogen and oxygen atoms in total. The molecule has 0 aliphatic heterocycles. The Bertz CT molecular complexity index is 1440. The van der Waals surface area contributed by atoms with E-state index in [4.69, 9.17) is 4.74 Å². The van der Waals surface area contributed by atoms with Gasteiger partial charge in [-0.2, -0.15) is 0 Å². The van der Waals surface area contributed by atoms with Crippen molar-refractivity contribution in [2.45, 2.75) is 57.6 Å². The molecule has 2 amide bonds. The zero-order chi connectivity index (χ0) is 30.4. The van der Waals surface area contributed by atoms with E-state index in [1.807, 2.05) is 52.0 Å². The normalized spacial score (nSPS) is 12.4. The highest BCUT2D eigenvalue weighted by Crippen LogP contribution is 2.27. The van der Waals surface area contributed by atoms with E-state index in [0.29, 0.717) is 12.4 Å². The second kappa shape index (κ2) is 13.5. The predicted molar refractivity (Wildman–Crippen MR) is 161 cm³/mol. The molecule has 0 spiro atoms. The Morgan fingerprint density at radius 2 is 1.56 bits per heavy atom. The Labute approximate surface area is 249 Å². The number of nitrogens with one attached hydrogen (secondary N) is 1. The molecule has 1 N–H and O–H groups in total. The zero-order valence-corrected chi connectivity index (χ0v) is 26.1. The maximum absolute atomic E-state index is 14.0. The van der Waals surface area contributed by atoms with Crippen LogP contribution < -0.4 is 14.4 Å². The van der Waals surface area contributed by atoms with Crippen LogP contribution in [0.15, 0.2) is 82.2 Å². The molecule has 3 aromatic rings. The molecular weight excluding hydrogens is 613 g/mol. The minimum atomic E-state index is -4.31. The van der Waals surface area contributed by atoms with Crippen LogP contribution >= 0.6 is 15.9 Å². The topological polar surface area (TPSA) is 96.0 Å². The molecule has 0 saturated heterocycles. The first-order valence-electron chi connectivity index (χ1n) is 13.1. The number of hydrogen-bond donors (Lipinski definition) is 1. The molecule has 3 aromatic carbocycles. The summed E-state index contributed by atoms with van der Waals surface area (Å²) < 4.78 is 48.6. The molecule has 1 atom stereocenters. The van der Waals surface area contributed by atoms with E-state index in [1.54, 1.807) is 19.1 Å². The fraction of sp³-hybridized carbons (Fsp3) is 0.333. The van der Waals surface area contributed by atoms with Crippen LogP contribution in [0.1, 0.15) is 40.2 Å². The summed E-state index contributed by atoms with van der Waals surface area (Å²) in [6.45, 7) is 8.83. The molecule has 3 rings (SSSR count). The van der Waals surface area contributed by atoms with Gasteiger partial charge in [0.1, 0.15) is 24.2 Å². The van der Waals surface area contributed by atoms with Gasteiger partial charge in [0.15, 0.2) is 0 Å². The van der Waals surface area contributed by atoms with Gasteiger partial charge < -0.3 is 15.0 Å². The molecule has 0 aromatic heterocycles. The summed E-state index contributed by atoms with van der Waals surface area (Å²) in [6.07, 6.45) is 0. The summed E-state index contributed by atoms with van der Waals surface area (Å²) in [6, 6.07) is 17.0. The summed E-state index contributed by atoms with van der Waals surface area (Å²) >= 11 is 3.40. The van der Waals surface area contributed by atoms with E-state index in [-0.39, 0.29) is 23.0 Å². The number of amides is 2. The van der Waals surface area contributed by atoms with Gasteiger partial charge in [-0.05, 0) is 101 Å². The van der Waals surface area contributed by atoms with Crippen molar-refractivity contribution in [2.75, 3.05) is 17.5 Å². The Morgan fingerprint density at radius 3 is 2.10 bits per heavy atom. The lowest BCUT2D eigenvalue weighted by Crippen LogP contribution is -2.54. The fourth-order valence-corrected chi connectivity index (χ4v) is 5.66. The predicted octanol–water partition coefficient (Wildman–Crippen LogP) is 5.51. The van der Waals surface area contributed by atoms with E-state index in [2.05, 4.69) is 21.2 Å². The Morgan fingerprint density at radius 1 is 0.976 bits per heavy atom.